The van der Waals surface area contributed by atoms with Crippen molar-refractivity contribution in [2.75, 3.05) is 14.2 Å². The van der Waals surface area contributed by atoms with E-state index in [-0.39, 0.29) is 23.6 Å². The van der Waals surface area contributed by atoms with Gasteiger partial charge >= 0.3 is 5.97 Å². The number of esters is 1. The van der Waals surface area contributed by atoms with Crippen molar-refractivity contribution < 1.29 is 23.4 Å². The number of fused-ring (bicyclic) bond motifs is 1. The standard InChI is InChI=1S/C18H19FO4/c1-21-17(20)15-10-23-18(22-2)16-12(5-8-14(15)16)9-11-3-6-13(19)7-4-11/h3-7,10,14,16,18H,8-9H2,1-2H3/t14?,16?,18-/m1/s1. The Morgan fingerprint density at radius 3 is 2.70 bits per heavy atom. The van der Waals surface area contributed by atoms with Crippen molar-refractivity contribution >= 4 is 5.97 Å². The predicted octanol–water partition coefficient (Wildman–Crippen LogP) is 2.99. The molecule has 1 aromatic carbocycles. The largest absolute Gasteiger partial charge is 0.471 e. The number of hydrogen-bond donors (Lipinski definition) is 0. The van der Waals surface area contributed by atoms with Crippen LogP contribution in [0.5, 0.6) is 0 Å². The summed E-state index contributed by atoms with van der Waals surface area (Å²) >= 11 is 0. The van der Waals surface area contributed by atoms with Gasteiger partial charge in [0.05, 0.1) is 24.9 Å². The molecule has 0 saturated heterocycles. The third-order valence-electron chi connectivity index (χ3n) is 4.49. The third-order valence-corrected chi connectivity index (χ3v) is 4.49. The number of hydrogen-bond acceptors (Lipinski definition) is 4. The van der Waals surface area contributed by atoms with E-state index in [4.69, 9.17) is 14.2 Å². The summed E-state index contributed by atoms with van der Waals surface area (Å²) in [5.74, 6) is -0.662. The Morgan fingerprint density at radius 2 is 2.04 bits per heavy atom. The second-order valence-electron chi connectivity index (χ2n) is 5.76. The van der Waals surface area contributed by atoms with E-state index in [1.807, 2.05) is 0 Å². The van der Waals surface area contributed by atoms with Crippen molar-refractivity contribution in [3.63, 3.8) is 0 Å². The summed E-state index contributed by atoms with van der Waals surface area (Å²) in [4.78, 5) is 11.9. The van der Waals surface area contributed by atoms with Crippen LogP contribution >= 0.6 is 0 Å². The summed E-state index contributed by atoms with van der Waals surface area (Å²) < 4.78 is 28.9. The molecule has 0 fully saturated rings. The number of halogens is 1. The molecule has 3 rings (SSSR count). The number of allylic oxidation sites excluding steroid dienone is 1. The van der Waals surface area contributed by atoms with Crippen LogP contribution in [0.15, 0.2) is 47.7 Å². The van der Waals surface area contributed by atoms with Gasteiger partial charge in [0.1, 0.15) is 5.82 Å². The molecular formula is C18H19FO4. The molecule has 1 heterocycles. The first kappa shape index (κ1) is 15.7. The van der Waals surface area contributed by atoms with Crippen molar-refractivity contribution in [3.05, 3.63) is 59.1 Å². The Kier molecular flexibility index (Phi) is 4.48. The lowest BCUT2D eigenvalue weighted by atomic mass is 9.82. The highest BCUT2D eigenvalue weighted by atomic mass is 19.1. The van der Waals surface area contributed by atoms with E-state index in [9.17, 15) is 9.18 Å². The first-order valence-corrected chi connectivity index (χ1v) is 7.54. The lowest BCUT2D eigenvalue weighted by molar-refractivity contribution is -0.146. The zero-order valence-corrected chi connectivity index (χ0v) is 13.1. The van der Waals surface area contributed by atoms with Crippen LogP contribution in [0.3, 0.4) is 0 Å². The second kappa shape index (κ2) is 6.54. The van der Waals surface area contributed by atoms with E-state index in [0.717, 1.165) is 17.6 Å². The van der Waals surface area contributed by atoms with Crippen LogP contribution < -0.4 is 0 Å². The molecule has 0 N–H and O–H groups in total. The Labute approximate surface area is 134 Å². The van der Waals surface area contributed by atoms with Crippen molar-refractivity contribution in [2.24, 2.45) is 11.8 Å². The van der Waals surface area contributed by atoms with Crippen LogP contribution in [0.25, 0.3) is 0 Å². The molecule has 0 saturated carbocycles. The van der Waals surface area contributed by atoms with Gasteiger partial charge in [-0.15, -0.1) is 0 Å². The molecule has 0 aromatic heterocycles. The highest BCUT2D eigenvalue weighted by Crippen LogP contribution is 2.44. The molecule has 0 amide bonds. The number of methoxy groups -OCH3 is 2. The molecule has 3 atom stereocenters. The van der Waals surface area contributed by atoms with Crippen LogP contribution in [0, 0.1) is 17.7 Å². The molecule has 0 spiro atoms. The van der Waals surface area contributed by atoms with Gasteiger partial charge < -0.3 is 14.2 Å². The number of ether oxygens (including phenoxy) is 3. The molecule has 23 heavy (non-hydrogen) atoms. The summed E-state index contributed by atoms with van der Waals surface area (Å²) in [7, 11) is 2.95. The average molecular weight is 318 g/mol. The predicted molar refractivity (Wildman–Crippen MR) is 81.8 cm³/mol. The Hall–Kier alpha value is -2.14. The van der Waals surface area contributed by atoms with Gasteiger partial charge in [-0.05, 0) is 30.5 Å². The van der Waals surface area contributed by atoms with E-state index in [2.05, 4.69) is 6.08 Å². The topological polar surface area (TPSA) is 44.8 Å². The van der Waals surface area contributed by atoms with Gasteiger partial charge in [-0.2, -0.15) is 0 Å². The smallest absolute Gasteiger partial charge is 0.337 e. The lowest BCUT2D eigenvalue weighted by Crippen LogP contribution is -2.36. The van der Waals surface area contributed by atoms with Crippen molar-refractivity contribution in [3.8, 4) is 0 Å². The number of rotatable bonds is 4. The summed E-state index contributed by atoms with van der Waals surface area (Å²) in [6, 6.07) is 6.44. The van der Waals surface area contributed by atoms with Gasteiger partial charge in [0.15, 0.2) is 0 Å². The molecule has 2 unspecified atom stereocenters. The summed E-state index contributed by atoms with van der Waals surface area (Å²) in [5, 5.41) is 0. The summed E-state index contributed by atoms with van der Waals surface area (Å²) in [6.45, 7) is 0. The van der Waals surface area contributed by atoms with Crippen molar-refractivity contribution in [2.45, 2.75) is 19.1 Å². The highest BCUT2D eigenvalue weighted by Gasteiger charge is 2.44. The fourth-order valence-electron chi connectivity index (χ4n) is 3.36. The Bertz CT molecular complexity index is 647. The minimum absolute atomic E-state index is 0.00315. The average Bonchev–Trinajstić information content (AvgIpc) is 2.99. The maximum Gasteiger partial charge on any atom is 0.337 e. The minimum Gasteiger partial charge on any atom is -0.471 e. The monoisotopic (exact) mass is 318 g/mol. The molecular weight excluding hydrogens is 299 g/mol. The SMILES string of the molecule is COC(=O)C1=CO[C@@H](OC)C2C(Cc3ccc(F)cc3)=CCC12. The third kappa shape index (κ3) is 3.01. The highest BCUT2D eigenvalue weighted by molar-refractivity contribution is 5.89. The molecule has 1 aliphatic heterocycles. The zero-order chi connectivity index (χ0) is 16.4. The number of carbonyl (C=O) groups is 1. The fraction of sp³-hybridized carbons (Fsp3) is 0.389. The van der Waals surface area contributed by atoms with E-state index in [1.54, 1.807) is 19.2 Å². The first-order chi connectivity index (χ1) is 11.1. The second-order valence-corrected chi connectivity index (χ2v) is 5.76. The number of benzene rings is 1. The normalized spacial score (nSPS) is 26.0. The molecule has 0 bridgehead atoms. The molecule has 2 aliphatic rings. The molecule has 0 radical (unpaired) electrons. The van der Waals surface area contributed by atoms with E-state index in [0.29, 0.717) is 12.0 Å². The lowest BCUT2D eigenvalue weighted by Gasteiger charge is -2.34. The van der Waals surface area contributed by atoms with Crippen LogP contribution in [-0.4, -0.2) is 26.5 Å². The van der Waals surface area contributed by atoms with E-state index < -0.39 is 6.29 Å². The zero-order valence-electron chi connectivity index (χ0n) is 13.1. The first-order valence-electron chi connectivity index (χ1n) is 7.54. The summed E-state index contributed by atoms with van der Waals surface area (Å²) in [6.07, 6.45) is 4.57. The van der Waals surface area contributed by atoms with Gasteiger partial charge in [-0.1, -0.05) is 23.8 Å². The molecule has 1 aromatic rings. The van der Waals surface area contributed by atoms with E-state index >= 15 is 0 Å². The Balaban J connectivity index is 1.83. The maximum atomic E-state index is 13.1. The van der Waals surface area contributed by atoms with Crippen molar-refractivity contribution in [1.29, 1.82) is 0 Å². The van der Waals surface area contributed by atoms with E-state index in [1.165, 1.54) is 25.5 Å². The van der Waals surface area contributed by atoms with Crippen molar-refractivity contribution in [1.82, 2.24) is 0 Å². The number of carbonyl (C=O) groups excluding carboxylic acids is 1. The van der Waals surface area contributed by atoms with Gasteiger partial charge in [-0.3, -0.25) is 0 Å². The fourth-order valence-corrected chi connectivity index (χ4v) is 3.36. The van der Waals surface area contributed by atoms with Crippen LogP contribution in [-0.2, 0) is 25.4 Å². The molecule has 1 aliphatic carbocycles. The molecule has 4 nitrogen and oxygen atoms in total. The van der Waals surface area contributed by atoms with Crippen LogP contribution in [0.1, 0.15) is 12.0 Å². The maximum absolute atomic E-state index is 13.1. The van der Waals surface area contributed by atoms with Gasteiger partial charge in [0.2, 0.25) is 6.29 Å². The summed E-state index contributed by atoms with van der Waals surface area (Å²) in [5.41, 5.74) is 2.70. The van der Waals surface area contributed by atoms with Crippen LogP contribution in [0.2, 0.25) is 0 Å². The van der Waals surface area contributed by atoms with Crippen LogP contribution in [0.4, 0.5) is 4.39 Å². The van der Waals surface area contributed by atoms with Gasteiger partial charge in [0.25, 0.3) is 0 Å². The quantitative estimate of drug-likeness (QED) is 0.632. The minimum atomic E-state index is -0.428. The molecule has 122 valence electrons. The Morgan fingerprint density at radius 1 is 1.30 bits per heavy atom. The van der Waals surface area contributed by atoms with Gasteiger partial charge in [-0.25, -0.2) is 9.18 Å². The van der Waals surface area contributed by atoms with Gasteiger partial charge in [0, 0.05) is 13.0 Å². The molecule has 5 heteroatoms.